The molecule has 0 aliphatic carbocycles. The fourth-order valence-electron chi connectivity index (χ4n) is 2.39. The molecule has 1 aliphatic rings. The second-order valence-corrected chi connectivity index (χ2v) is 5.67. The molecule has 2 rings (SSSR count). The third-order valence-electron chi connectivity index (χ3n) is 3.32. The van der Waals surface area contributed by atoms with E-state index in [1.165, 1.54) is 4.90 Å². The van der Waals surface area contributed by atoms with Gasteiger partial charge in [-0.1, -0.05) is 6.07 Å². The molecular formula is C13H14BrF3N2O2. The molecule has 0 bridgehead atoms. The fourth-order valence-corrected chi connectivity index (χ4v) is 2.91. The van der Waals surface area contributed by atoms with Crippen LogP contribution in [-0.2, 0) is 0 Å². The van der Waals surface area contributed by atoms with Crippen molar-refractivity contribution in [3.05, 3.63) is 28.2 Å². The highest BCUT2D eigenvalue weighted by atomic mass is 79.9. The molecule has 1 aliphatic heterocycles. The Hall–Kier alpha value is -1.28. The van der Waals surface area contributed by atoms with Crippen molar-refractivity contribution in [1.29, 1.82) is 0 Å². The standard InChI is InChI=1S/C13H14BrF3N2O2/c14-9-2-1-3-10(11(9)12(20)21)19-6-4-18(5-7-19)8-13(15,16)17/h1-3H,4-8H2,(H,20,21). The quantitative estimate of drug-likeness (QED) is 0.893. The van der Waals surface area contributed by atoms with Crippen molar-refractivity contribution in [2.24, 2.45) is 0 Å². The van der Waals surface area contributed by atoms with Gasteiger partial charge >= 0.3 is 12.1 Å². The molecule has 0 radical (unpaired) electrons. The Morgan fingerprint density at radius 1 is 1.24 bits per heavy atom. The fraction of sp³-hybridized carbons (Fsp3) is 0.462. The van der Waals surface area contributed by atoms with Crippen molar-refractivity contribution in [1.82, 2.24) is 4.90 Å². The normalized spacial score (nSPS) is 17.0. The second kappa shape index (κ2) is 6.23. The SMILES string of the molecule is O=C(O)c1c(Br)cccc1N1CCN(CC(F)(F)F)CC1. The Kier molecular flexibility index (Phi) is 4.77. The van der Waals surface area contributed by atoms with Gasteiger partial charge in [-0.2, -0.15) is 13.2 Å². The van der Waals surface area contributed by atoms with Gasteiger partial charge in [0.2, 0.25) is 0 Å². The number of alkyl halides is 3. The molecule has 0 saturated carbocycles. The predicted molar refractivity (Wildman–Crippen MR) is 75.8 cm³/mol. The van der Waals surface area contributed by atoms with Crippen LogP contribution in [0.2, 0.25) is 0 Å². The van der Waals surface area contributed by atoms with Gasteiger partial charge in [0, 0.05) is 30.7 Å². The van der Waals surface area contributed by atoms with Crippen molar-refractivity contribution in [2.45, 2.75) is 6.18 Å². The lowest BCUT2D eigenvalue weighted by molar-refractivity contribution is -0.146. The van der Waals surface area contributed by atoms with Crippen molar-refractivity contribution < 1.29 is 23.1 Å². The first-order chi connectivity index (χ1) is 9.78. The van der Waals surface area contributed by atoms with E-state index in [-0.39, 0.29) is 18.7 Å². The van der Waals surface area contributed by atoms with Gasteiger partial charge in [-0.15, -0.1) is 0 Å². The molecule has 1 fully saturated rings. The van der Waals surface area contributed by atoms with Gasteiger partial charge in [0.25, 0.3) is 0 Å². The maximum Gasteiger partial charge on any atom is 0.401 e. The van der Waals surface area contributed by atoms with Crippen molar-refractivity contribution in [3.63, 3.8) is 0 Å². The summed E-state index contributed by atoms with van der Waals surface area (Å²) < 4.78 is 37.5. The molecule has 0 unspecified atom stereocenters. The summed E-state index contributed by atoms with van der Waals surface area (Å²) in [5.74, 6) is -1.06. The number of halogens is 4. The summed E-state index contributed by atoms with van der Waals surface area (Å²) in [6.07, 6.45) is -4.20. The van der Waals surface area contributed by atoms with E-state index in [0.717, 1.165) is 0 Å². The summed E-state index contributed by atoms with van der Waals surface area (Å²) in [5.41, 5.74) is 0.672. The highest BCUT2D eigenvalue weighted by Gasteiger charge is 2.32. The largest absolute Gasteiger partial charge is 0.478 e. The molecule has 1 aromatic carbocycles. The van der Waals surface area contributed by atoms with E-state index in [4.69, 9.17) is 0 Å². The van der Waals surface area contributed by atoms with E-state index in [0.29, 0.717) is 23.2 Å². The lowest BCUT2D eigenvalue weighted by Gasteiger charge is -2.37. The Balaban J connectivity index is 2.10. The number of anilines is 1. The van der Waals surface area contributed by atoms with Crippen LogP contribution in [0.4, 0.5) is 18.9 Å². The van der Waals surface area contributed by atoms with Crippen molar-refractivity contribution in [3.8, 4) is 0 Å². The predicted octanol–water partition coefficient (Wildman–Crippen LogP) is 2.83. The maximum absolute atomic E-state index is 12.3. The minimum atomic E-state index is -4.20. The van der Waals surface area contributed by atoms with Crippen LogP contribution < -0.4 is 4.90 Å². The molecule has 0 atom stereocenters. The van der Waals surface area contributed by atoms with E-state index < -0.39 is 18.7 Å². The summed E-state index contributed by atoms with van der Waals surface area (Å²) in [6, 6.07) is 5.02. The van der Waals surface area contributed by atoms with Gasteiger partial charge in [0.1, 0.15) is 0 Å². The molecule has 0 spiro atoms. The molecule has 0 amide bonds. The van der Waals surface area contributed by atoms with E-state index in [9.17, 15) is 23.1 Å². The van der Waals surface area contributed by atoms with Crippen LogP contribution in [0.15, 0.2) is 22.7 Å². The van der Waals surface area contributed by atoms with Gasteiger partial charge in [0.15, 0.2) is 0 Å². The summed E-state index contributed by atoms with van der Waals surface area (Å²) in [4.78, 5) is 14.5. The Labute approximate surface area is 128 Å². The third kappa shape index (κ3) is 4.10. The minimum absolute atomic E-state index is 0.141. The van der Waals surface area contributed by atoms with Gasteiger partial charge < -0.3 is 10.0 Å². The van der Waals surface area contributed by atoms with Crippen LogP contribution in [0.3, 0.4) is 0 Å². The molecule has 8 heteroatoms. The summed E-state index contributed by atoms with van der Waals surface area (Å²) in [6.45, 7) is 0.320. The van der Waals surface area contributed by atoms with E-state index >= 15 is 0 Å². The van der Waals surface area contributed by atoms with Gasteiger partial charge in [-0.25, -0.2) is 4.79 Å². The van der Waals surface area contributed by atoms with E-state index in [2.05, 4.69) is 15.9 Å². The monoisotopic (exact) mass is 366 g/mol. The first kappa shape index (κ1) is 16.1. The Morgan fingerprint density at radius 3 is 2.38 bits per heavy atom. The van der Waals surface area contributed by atoms with Crippen LogP contribution in [0.5, 0.6) is 0 Å². The molecule has 1 aromatic rings. The highest BCUT2D eigenvalue weighted by Crippen LogP contribution is 2.29. The molecule has 1 saturated heterocycles. The number of rotatable bonds is 3. The lowest BCUT2D eigenvalue weighted by atomic mass is 10.1. The number of hydrogen-bond acceptors (Lipinski definition) is 3. The summed E-state index contributed by atoms with van der Waals surface area (Å²) >= 11 is 3.20. The number of carboxylic acid groups (broad SMARTS) is 1. The van der Waals surface area contributed by atoms with Crippen molar-refractivity contribution >= 4 is 27.6 Å². The average Bonchev–Trinajstić information content (AvgIpc) is 2.37. The number of carboxylic acids is 1. The molecule has 21 heavy (non-hydrogen) atoms. The number of hydrogen-bond donors (Lipinski definition) is 1. The third-order valence-corrected chi connectivity index (χ3v) is 3.98. The maximum atomic E-state index is 12.3. The van der Waals surface area contributed by atoms with Crippen molar-refractivity contribution in [2.75, 3.05) is 37.6 Å². The average molecular weight is 367 g/mol. The Bertz CT molecular complexity index is 529. The lowest BCUT2D eigenvalue weighted by Crippen LogP contribution is -2.49. The van der Waals surface area contributed by atoms with Crippen LogP contribution in [0.25, 0.3) is 0 Å². The van der Waals surface area contributed by atoms with Gasteiger partial charge in [-0.3, -0.25) is 4.90 Å². The summed E-state index contributed by atoms with van der Waals surface area (Å²) in [5, 5.41) is 9.27. The molecule has 0 aromatic heterocycles. The van der Waals surface area contributed by atoms with Gasteiger partial charge in [0.05, 0.1) is 17.8 Å². The molecule has 116 valence electrons. The second-order valence-electron chi connectivity index (χ2n) is 4.82. The highest BCUT2D eigenvalue weighted by molar-refractivity contribution is 9.10. The first-order valence-electron chi connectivity index (χ1n) is 6.34. The smallest absolute Gasteiger partial charge is 0.401 e. The number of aromatic carboxylic acids is 1. The zero-order chi connectivity index (χ0) is 15.6. The molecule has 1 N–H and O–H groups in total. The van der Waals surface area contributed by atoms with Crippen LogP contribution in [0.1, 0.15) is 10.4 Å². The number of nitrogens with zero attached hydrogens (tertiary/aromatic N) is 2. The zero-order valence-electron chi connectivity index (χ0n) is 11.0. The van der Waals surface area contributed by atoms with Gasteiger partial charge in [-0.05, 0) is 28.1 Å². The molecular weight excluding hydrogens is 353 g/mol. The zero-order valence-corrected chi connectivity index (χ0v) is 12.6. The minimum Gasteiger partial charge on any atom is -0.478 e. The van der Waals surface area contributed by atoms with Crippen LogP contribution in [0, 0.1) is 0 Å². The number of benzene rings is 1. The summed E-state index contributed by atoms with van der Waals surface area (Å²) in [7, 11) is 0. The number of piperazine rings is 1. The first-order valence-corrected chi connectivity index (χ1v) is 7.13. The van der Waals surface area contributed by atoms with E-state index in [1.54, 1.807) is 23.1 Å². The molecule has 4 nitrogen and oxygen atoms in total. The topological polar surface area (TPSA) is 43.8 Å². The number of carbonyl (C=O) groups is 1. The molecule has 1 heterocycles. The van der Waals surface area contributed by atoms with Crippen LogP contribution >= 0.6 is 15.9 Å². The Morgan fingerprint density at radius 2 is 1.86 bits per heavy atom. The van der Waals surface area contributed by atoms with Crippen LogP contribution in [-0.4, -0.2) is 54.9 Å². The van der Waals surface area contributed by atoms with E-state index in [1.807, 2.05) is 0 Å².